The first-order valence-corrected chi connectivity index (χ1v) is 8.41. The number of rotatable bonds is 8. The molecule has 2 aromatic rings. The van der Waals surface area contributed by atoms with E-state index in [1.165, 1.54) is 4.57 Å². The largest absolute Gasteiger partial charge is 0.458 e. The smallest absolute Gasteiger partial charge is 0.330 e. The Hall–Kier alpha value is -2.38. The molecule has 0 aromatic carbocycles. The molecule has 2 heterocycles. The molecule has 0 aliphatic heterocycles. The predicted molar refractivity (Wildman–Crippen MR) is 89.9 cm³/mol. The van der Waals surface area contributed by atoms with Gasteiger partial charge in [0.25, 0.3) is 5.56 Å². The van der Waals surface area contributed by atoms with E-state index in [1.807, 2.05) is 20.8 Å². The third kappa shape index (κ3) is 3.58. The summed E-state index contributed by atoms with van der Waals surface area (Å²) in [7, 11) is 0. The zero-order chi connectivity index (χ0) is 17.7. The van der Waals surface area contributed by atoms with Crippen LogP contribution < -0.4 is 11.2 Å². The van der Waals surface area contributed by atoms with Crippen LogP contribution in [-0.2, 0) is 29.2 Å². The van der Waals surface area contributed by atoms with E-state index in [-0.39, 0.29) is 12.6 Å². The molecule has 0 aliphatic rings. The van der Waals surface area contributed by atoms with Crippen molar-refractivity contribution in [3.63, 3.8) is 0 Å². The monoisotopic (exact) mass is 336 g/mol. The highest BCUT2D eigenvalue weighted by atomic mass is 16.5. The second-order valence-corrected chi connectivity index (χ2v) is 5.62. The molecule has 0 saturated heterocycles. The fraction of sp³-hybridized carbons (Fsp3) is 0.625. The van der Waals surface area contributed by atoms with Crippen molar-refractivity contribution in [3.8, 4) is 0 Å². The van der Waals surface area contributed by atoms with Crippen LogP contribution in [0.3, 0.4) is 0 Å². The van der Waals surface area contributed by atoms with Crippen LogP contribution in [0.15, 0.2) is 9.59 Å². The Kier molecular flexibility index (Phi) is 5.94. The topological polar surface area (TPSA) is 99.0 Å². The normalized spacial score (nSPS) is 11.1. The van der Waals surface area contributed by atoms with Crippen molar-refractivity contribution in [3.05, 3.63) is 26.7 Å². The molecule has 0 unspecified atom stereocenters. The number of aryl methyl sites for hydroxylation is 2. The van der Waals surface area contributed by atoms with E-state index in [9.17, 15) is 14.4 Å². The number of hydrogen-bond acceptors (Lipinski definition) is 5. The number of esters is 1. The van der Waals surface area contributed by atoms with Crippen molar-refractivity contribution in [1.82, 2.24) is 19.1 Å². The molecule has 0 amide bonds. The summed E-state index contributed by atoms with van der Waals surface area (Å²) >= 11 is 0. The number of carbonyl (C=O) groups is 1. The minimum atomic E-state index is -0.469. The molecule has 132 valence electrons. The molecule has 0 radical (unpaired) electrons. The van der Waals surface area contributed by atoms with E-state index < -0.39 is 11.2 Å². The Morgan fingerprint density at radius 3 is 2.54 bits per heavy atom. The summed E-state index contributed by atoms with van der Waals surface area (Å²) in [6, 6.07) is 0. The van der Waals surface area contributed by atoms with Gasteiger partial charge in [-0.15, -0.1) is 0 Å². The number of aromatic amines is 1. The standard InChI is InChI=1S/C16H24N4O4/c1-4-7-9-20-14-13(15(22)18-16(20)23)19(6-3)11(17-14)10-24-12(21)8-5-2/h4-10H2,1-3H3,(H,18,22,23). The van der Waals surface area contributed by atoms with Crippen LogP contribution in [-0.4, -0.2) is 25.1 Å². The Morgan fingerprint density at radius 2 is 1.92 bits per heavy atom. The van der Waals surface area contributed by atoms with Crippen molar-refractivity contribution in [2.75, 3.05) is 0 Å². The summed E-state index contributed by atoms with van der Waals surface area (Å²) in [5.41, 5.74) is -0.241. The summed E-state index contributed by atoms with van der Waals surface area (Å²) in [5.74, 6) is 0.169. The number of carbonyl (C=O) groups excluding carboxylic acids is 1. The number of imidazole rings is 1. The molecule has 2 aromatic heterocycles. The van der Waals surface area contributed by atoms with Crippen LogP contribution in [0.2, 0.25) is 0 Å². The number of nitrogens with one attached hydrogen (secondary N) is 1. The van der Waals surface area contributed by atoms with Crippen LogP contribution in [0.1, 0.15) is 52.3 Å². The summed E-state index contributed by atoms with van der Waals surface area (Å²) in [6.07, 6.45) is 2.78. The van der Waals surface area contributed by atoms with Gasteiger partial charge in [-0.05, 0) is 19.8 Å². The van der Waals surface area contributed by atoms with Gasteiger partial charge in [0.2, 0.25) is 0 Å². The van der Waals surface area contributed by atoms with E-state index in [2.05, 4.69) is 9.97 Å². The molecule has 24 heavy (non-hydrogen) atoms. The lowest BCUT2D eigenvalue weighted by molar-refractivity contribution is -0.145. The summed E-state index contributed by atoms with van der Waals surface area (Å²) in [5, 5.41) is 0. The minimum Gasteiger partial charge on any atom is -0.458 e. The first kappa shape index (κ1) is 18.0. The van der Waals surface area contributed by atoms with Gasteiger partial charge in [0.15, 0.2) is 11.2 Å². The molecular formula is C16H24N4O4. The van der Waals surface area contributed by atoms with Gasteiger partial charge in [-0.2, -0.15) is 0 Å². The number of aromatic nitrogens is 4. The maximum atomic E-state index is 12.2. The van der Waals surface area contributed by atoms with E-state index in [0.717, 1.165) is 12.8 Å². The lowest BCUT2D eigenvalue weighted by atomic mass is 10.3. The average Bonchev–Trinajstić information content (AvgIpc) is 2.92. The lowest BCUT2D eigenvalue weighted by Crippen LogP contribution is -2.31. The molecular weight excluding hydrogens is 312 g/mol. The number of fused-ring (bicyclic) bond motifs is 1. The third-order valence-electron chi connectivity index (χ3n) is 3.83. The molecule has 0 bridgehead atoms. The second-order valence-electron chi connectivity index (χ2n) is 5.62. The number of ether oxygens (including phenoxy) is 1. The Bertz CT molecular complexity index is 831. The first-order valence-electron chi connectivity index (χ1n) is 8.41. The Labute approximate surface area is 139 Å². The molecule has 2 rings (SSSR count). The van der Waals surface area contributed by atoms with Crippen LogP contribution >= 0.6 is 0 Å². The number of hydrogen-bond donors (Lipinski definition) is 1. The van der Waals surface area contributed by atoms with Crippen molar-refractivity contribution in [2.45, 2.75) is 66.2 Å². The van der Waals surface area contributed by atoms with Gasteiger partial charge in [-0.1, -0.05) is 20.3 Å². The molecule has 0 atom stereocenters. The zero-order valence-electron chi connectivity index (χ0n) is 14.4. The van der Waals surface area contributed by atoms with Gasteiger partial charge in [0, 0.05) is 19.5 Å². The van der Waals surface area contributed by atoms with Crippen molar-refractivity contribution in [1.29, 1.82) is 0 Å². The van der Waals surface area contributed by atoms with E-state index in [4.69, 9.17) is 4.74 Å². The highest BCUT2D eigenvalue weighted by molar-refractivity contribution is 5.71. The van der Waals surface area contributed by atoms with Gasteiger partial charge in [-0.3, -0.25) is 19.1 Å². The van der Waals surface area contributed by atoms with Crippen molar-refractivity contribution in [2.24, 2.45) is 0 Å². The van der Waals surface area contributed by atoms with Gasteiger partial charge >= 0.3 is 11.7 Å². The van der Waals surface area contributed by atoms with Crippen LogP contribution in [0, 0.1) is 0 Å². The van der Waals surface area contributed by atoms with E-state index in [0.29, 0.717) is 42.9 Å². The highest BCUT2D eigenvalue weighted by Gasteiger charge is 2.18. The average molecular weight is 336 g/mol. The summed E-state index contributed by atoms with van der Waals surface area (Å²) in [4.78, 5) is 42.7. The Balaban J connectivity index is 2.49. The zero-order valence-corrected chi connectivity index (χ0v) is 14.4. The molecule has 0 saturated carbocycles. The van der Waals surface area contributed by atoms with Gasteiger partial charge < -0.3 is 9.30 Å². The molecule has 0 aliphatic carbocycles. The van der Waals surface area contributed by atoms with Gasteiger partial charge in [0.05, 0.1) is 0 Å². The third-order valence-corrected chi connectivity index (χ3v) is 3.83. The van der Waals surface area contributed by atoms with Crippen molar-refractivity contribution < 1.29 is 9.53 Å². The number of unbranched alkanes of at least 4 members (excludes halogenated alkanes) is 1. The first-order chi connectivity index (χ1) is 11.5. The van der Waals surface area contributed by atoms with Gasteiger partial charge in [-0.25, -0.2) is 9.78 Å². The second kappa shape index (κ2) is 7.94. The summed E-state index contributed by atoms with van der Waals surface area (Å²) < 4.78 is 8.38. The molecule has 1 N–H and O–H groups in total. The molecule has 8 heteroatoms. The van der Waals surface area contributed by atoms with Crippen LogP contribution in [0.25, 0.3) is 11.2 Å². The van der Waals surface area contributed by atoms with Crippen LogP contribution in [0.4, 0.5) is 0 Å². The maximum absolute atomic E-state index is 12.2. The quantitative estimate of drug-likeness (QED) is 0.737. The highest BCUT2D eigenvalue weighted by Crippen LogP contribution is 2.13. The fourth-order valence-electron chi connectivity index (χ4n) is 2.61. The SMILES string of the molecule is CCCCn1c(=O)[nH]c(=O)c2c1nc(COC(=O)CCC)n2CC. The molecule has 0 fully saturated rings. The molecule has 8 nitrogen and oxygen atoms in total. The lowest BCUT2D eigenvalue weighted by Gasteiger charge is -2.07. The minimum absolute atomic E-state index is 0.0111. The van der Waals surface area contributed by atoms with Gasteiger partial charge in [0.1, 0.15) is 12.4 Å². The maximum Gasteiger partial charge on any atom is 0.330 e. The number of nitrogens with zero attached hydrogens (tertiary/aromatic N) is 3. The predicted octanol–water partition coefficient (Wildman–Crippen LogP) is 1.55. The summed E-state index contributed by atoms with van der Waals surface area (Å²) in [6.45, 7) is 6.76. The fourth-order valence-corrected chi connectivity index (χ4v) is 2.61. The van der Waals surface area contributed by atoms with E-state index >= 15 is 0 Å². The molecule has 0 spiro atoms. The number of H-pyrrole nitrogens is 1. The van der Waals surface area contributed by atoms with Crippen molar-refractivity contribution >= 4 is 17.1 Å². The van der Waals surface area contributed by atoms with E-state index in [1.54, 1.807) is 4.57 Å². The Morgan fingerprint density at radius 1 is 1.17 bits per heavy atom. The van der Waals surface area contributed by atoms with Crippen LogP contribution in [0.5, 0.6) is 0 Å².